The molecule has 7 heteroatoms. The van der Waals surface area contributed by atoms with Crippen molar-refractivity contribution in [1.82, 2.24) is 15.3 Å². The van der Waals surface area contributed by atoms with Crippen molar-refractivity contribution in [3.8, 4) is 0 Å². The predicted octanol–water partition coefficient (Wildman–Crippen LogP) is 2.69. The second kappa shape index (κ2) is 5.84. The third-order valence-electron chi connectivity index (χ3n) is 2.91. The van der Waals surface area contributed by atoms with Crippen LogP contribution in [0, 0.1) is 6.92 Å². The Balaban J connectivity index is 0.00000162. The van der Waals surface area contributed by atoms with Crippen LogP contribution in [0.2, 0.25) is 0 Å². The van der Waals surface area contributed by atoms with Gasteiger partial charge in [-0.3, -0.25) is 0 Å². The van der Waals surface area contributed by atoms with Crippen molar-refractivity contribution in [2.45, 2.75) is 31.9 Å². The quantitative estimate of drug-likeness (QED) is 0.860. The summed E-state index contributed by atoms with van der Waals surface area (Å²) in [4.78, 5) is 7.58. The molecule has 3 nitrogen and oxygen atoms in total. The van der Waals surface area contributed by atoms with Crippen molar-refractivity contribution in [1.29, 1.82) is 0 Å². The molecular weight excluding hydrogens is 267 g/mol. The number of aromatic nitrogens is 2. The summed E-state index contributed by atoms with van der Waals surface area (Å²) in [5.74, 6) is 0.299. The zero-order valence-electron chi connectivity index (χ0n) is 9.92. The molecule has 0 bridgehead atoms. The maximum atomic E-state index is 12.6. The molecule has 18 heavy (non-hydrogen) atoms. The van der Waals surface area contributed by atoms with Crippen LogP contribution < -0.4 is 5.32 Å². The predicted molar refractivity (Wildman–Crippen MR) is 63.9 cm³/mol. The van der Waals surface area contributed by atoms with E-state index in [1.807, 2.05) is 0 Å². The Morgan fingerprint density at radius 3 is 2.39 bits per heavy atom. The van der Waals surface area contributed by atoms with Crippen LogP contribution in [0.15, 0.2) is 6.07 Å². The first-order valence-corrected chi connectivity index (χ1v) is 5.60. The fourth-order valence-electron chi connectivity index (χ4n) is 2.06. The van der Waals surface area contributed by atoms with Crippen molar-refractivity contribution < 1.29 is 13.2 Å². The number of nitrogens with one attached hydrogen (secondary N) is 1. The van der Waals surface area contributed by atoms with E-state index in [1.54, 1.807) is 0 Å². The highest BCUT2D eigenvalue weighted by molar-refractivity contribution is 5.85. The van der Waals surface area contributed by atoms with Crippen LogP contribution >= 0.6 is 12.4 Å². The van der Waals surface area contributed by atoms with Crippen LogP contribution in [0.3, 0.4) is 0 Å². The maximum absolute atomic E-state index is 12.6. The van der Waals surface area contributed by atoms with Crippen LogP contribution in [0.4, 0.5) is 13.2 Å². The molecule has 0 radical (unpaired) electrons. The number of piperidine rings is 1. The van der Waals surface area contributed by atoms with Gasteiger partial charge < -0.3 is 5.32 Å². The number of aryl methyl sites for hydroxylation is 1. The number of hydrogen-bond donors (Lipinski definition) is 1. The van der Waals surface area contributed by atoms with E-state index >= 15 is 0 Å². The first-order valence-electron chi connectivity index (χ1n) is 5.60. The van der Waals surface area contributed by atoms with E-state index in [4.69, 9.17) is 0 Å². The molecule has 2 heterocycles. The molecule has 0 unspecified atom stereocenters. The smallest absolute Gasteiger partial charge is 0.317 e. The second-order valence-electron chi connectivity index (χ2n) is 4.25. The summed E-state index contributed by atoms with van der Waals surface area (Å²) in [6, 6.07) is 1.09. The number of nitrogens with zero attached hydrogens (tertiary/aromatic N) is 2. The van der Waals surface area contributed by atoms with Gasteiger partial charge >= 0.3 is 6.18 Å². The van der Waals surface area contributed by atoms with E-state index in [0.29, 0.717) is 5.69 Å². The monoisotopic (exact) mass is 281 g/mol. The van der Waals surface area contributed by atoms with Crippen molar-refractivity contribution in [3.63, 3.8) is 0 Å². The number of alkyl halides is 3. The third-order valence-corrected chi connectivity index (χ3v) is 2.91. The summed E-state index contributed by atoms with van der Waals surface area (Å²) < 4.78 is 37.8. The average molecular weight is 282 g/mol. The molecule has 1 fully saturated rings. The second-order valence-corrected chi connectivity index (χ2v) is 4.25. The van der Waals surface area contributed by atoms with Gasteiger partial charge in [-0.25, -0.2) is 9.97 Å². The van der Waals surface area contributed by atoms with Crippen LogP contribution in [-0.2, 0) is 6.18 Å². The van der Waals surface area contributed by atoms with Gasteiger partial charge in [0.2, 0.25) is 0 Å². The van der Waals surface area contributed by atoms with Crippen molar-refractivity contribution >= 4 is 12.4 Å². The molecule has 1 aromatic heterocycles. The zero-order valence-corrected chi connectivity index (χ0v) is 10.7. The highest BCUT2D eigenvalue weighted by Crippen LogP contribution is 2.31. The Morgan fingerprint density at radius 2 is 1.83 bits per heavy atom. The van der Waals surface area contributed by atoms with E-state index in [-0.39, 0.29) is 24.1 Å². The van der Waals surface area contributed by atoms with Crippen LogP contribution in [0.1, 0.15) is 36.0 Å². The summed E-state index contributed by atoms with van der Waals surface area (Å²) in [6.45, 7) is 3.16. The minimum absolute atomic E-state index is 0. The minimum Gasteiger partial charge on any atom is -0.317 e. The van der Waals surface area contributed by atoms with Gasteiger partial charge in [-0.05, 0) is 38.9 Å². The average Bonchev–Trinajstić information content (AvgIpc) is 2.28. The van der Waals surface area contributed by atoms with Crippen LogP contribution in [0.5, 0.6) is 0 Å². The lowest BCUT2D eigenvalue weighted by Gasteiger charge is -2.22. The first kappa shape index (κ1) is 15.2. The topological polar surface area (TPSA) is 37.8 Å². The van der Waals surface area contributed by atoms with Crippen molar-refractivity contribution in [2.24, 2.45) is 0 Å². The van der Waals surface area contributed by atoms with E-state index in [2.05, 4.69) is 15.3 Å². The zero-order chi connectivity index (χ0) is 12.5. The summed E-state index contributed by atoms with van der Waals surface area (Å²) in [7, 11) is 0. The van der Waals surface area contributed by atoms with Gasteiger partial charge in [0.05, 0.1) is 0 Å². The normalized spacial score (nSPS) is 17.3. The first-order chi connectivity index (χ1) is 7.97. The maximum Gasteiger partial charge on any atom is 0.433 e. The molecule has 1 aliphatic heterocycles. The van der Waals surface area contributed by atoms with Gasteiger partial charge in [-0.1, -0.05) is 0 Å². The molecule has 0 saturated carbocycles. The molecule has 1 N–H and O–H groups in total. The van der Waals surface area contributed by atoms with Gasteiger partial charge in [0, 0.05) is 11.6 Å². The molecule has 1 aliphatic rings. The summed E-state index contributed by atoms with van der Waals surface area (Å²) in [5, 5.41) is 3.18. The molecule has 1 aromatic rings. The Morgan fingerprint density at radius 1 is 1.22 bits per heavy atom. The Hall–Kier alpha value is -0.880. The summed E-state index contributed by atoms with van der Waals surface area (Å²) in [6.07, 6.45) is -2.74. The van der Waals surface area contributed by atoms with Crippen molar-refractivity contribution in [3.05, 3.63) is 23.3 Å². The van der Waals surface area contributed by atoms with E-state index in [0.717, 1.165) is 32.0 Å². The molecule has 0 atom stereocenters. The SMILES string of the molecule is Cc1nc(C2CCNCC2)cc(C(F)(F)F)n1.Cl. The Labute approximate surface area is 110 Å². The fourth-order valence-corrected chi connectivity index (χ4v) is 2.06. The molecule has 0 spiro atoms. The molecule has 0 amide bonds. The van der Waals surface area contributed by atoms with Crippen LogP contribution in [-0.4, -0.2) is 23.1 Å². The number of halogens is 4. The summed E-state index contributed by atoms with van der Waals surface area (Å²) >= 11 is 0. The molecule has 0 aromatic carbocycles. The Kier molecular flexibility index (Phi) is 4.92. The van der Waals surface area contributed by atoms with Gasteiger partial charge in [-0.15, -0.1) is 12.4 Å². The molecular formula is C11H15ClF3N3. The largest absolute Gasteiger partial charge is 0.433 e. The standard InChI is InChI=1S/C11H14F3N3.ClH/c1-7-16-9(8-2-4-15-5-3-8)6-10(17-7)11(12,13)14;/h6,8,15H,2-5H2,1H3;1H. The highest BCUT2D eigenvalue weighted by atomic mass is 35.5. The molecule has 0 aliphatic carbocycles. The lowest BCUT2D eigenvalue weighted by Crippen LogP contribution is -2.27. The van der Waals surface area contributed by atoms with Crippen LogP contribution in [0.25, 0.3) is 0 Å². The van der Waals surface area contributed by atoms with E-state index in [1.165, 1.54) is 6.92 Å². The number of rotatable bonds is 1. The molecule has 2 rings (SSSR count). The third kappa shape index (κ3) is 3.55. The van der Waals surface area contributed by atoms with Gasteiger partial charge in [0.15, 0.2) is 0 Å². The lowest BCUT2D eigenvalue weighted by molar-refractivity contribution is -0.141. The summed E-state index contributed by atoms with van der Waals surface area (Å²) in [5.41, 5.74) is -0.315. The van der Waals surface area contributed by atoms with Gasteiger partial charge in [0.25, 0.3) is 0 Å². The van der Waals surface area contributed by atoms with Gasteiger partial charge in [0.1, 0.15) is 11.5 Å². The molecule has 102 valence electrons. The van der Waals surface area contributed by atoms with Crippen molar-refractivity contribution in [2.75, 3.05) is 13.1 Å². The fraction of sp³-hybridized carbons (Fsp3) is 0.636. The van der Waals surface area contributed by atoms with E-state index in [9.17, 15) is 13.2 Å². The minimum atomic E-state index is -4.39. The van der Waals surface area contributed by atoms with E-state index < -0.39 is 11.9 Å². The van der Waals surface area contributed by atoms with Gasteiger partial charge in [-0.2, -0.15) is 13.2 Å². The highest BCUT2D eigenvalue weighted by Gasteiger charge is 2.34. The Bertz CT molecular complexity index is 403. The lowest BCUT2D eigenvalue weighted by atomic mass is 9.94. The molecule has 1 saturated heterocycles. The number of hydrogen-bond acceptors (Lipinski definition) is 3.